The minimum atomic E-state index is -3.53. The Morgan fingerprint density at radius 2 is 2.14 bits per heavy atom. The molecule has 2 N–H and O–H groups in total. The first kappa shape index (κ1) is 15.2. The summed E-state index contributed by atoms with van der Waals surface area (Å²) in [5.41, 5.74) is 0. The number of rotatable bonds is 6. The zero-order valence-corrected chi connectivity index (χ0v) is 12.9. The fourth-order valence-electron chi connectivity index (χ4n) is 2.63. The second-order valence-electron chi connectivity index (χ2n) is 5.84. The Balaban J connectivity index is 1.73. The van der Waals surface area contributed by atoms with Gasteiger partial charge in [-0.25, -0.2) is 22.9 Å². The number of aromatic nitrogens is 1. The largest absolute Gasteiger partial charge is 0.480 e. The zero-order chi connectivity index (χ0) is 15.7. The van der Waals surface area contributed by atoms with E-state index in [1.165, 1.54) is 12.3 Å². The van der Waals surface area contributed by atoms with E-state index in [0.717, 1.165) is 19.3 Å². The standard InChI is InChI=1S/C14H19N3O4S/c18-14(19)12-2-1-7-17(12)13-6-5-11(9-15-13)22(20,21)16-8-10-3-4-10/h5-6,9-10,12,16H,1-4,7-8H2,(H,18,19)/t12-/m0/s1. The number of carboxylic acid groups (broad SMARTS) is 1. The van der Waals surface area contributed by atoms with E-state index in [4.69, 9.17) is 0 Å². The molecule has 2 fully saturated rings. The zero-order valence-electron chi connectivity index (χ0n) is 12.1. The lowest BCUT2D eigenvalue weighted by Gasteiger charge is -2.22. The third-order valence-corrected chi connectivity index (χ3v) is 5.53. The average molecular weight is 325 g/mol. The Bertz CT molecular complexity index is 655. The SMILES string of the molecule is O=C(O)[C@@H]1CCCN1c1ccc(S(=O)(=O)NCC2CC2)cn1. The van der Waals surface area contributed by atoms with Gasteiger partial charge in [-0.15, -0.1) is 0 Å². The summed E-state index contributed by atoms with van der Waals surface area (Å²) in [5.74, 6) is 0.0936. The van der Waals surface area contributed by atoms with Crippen molar-refractivity contribution in [3.8, 4) is 0 Å². The molecule has 1 aliphatic heterocycles. The van der Waals surface area contributed by atoms with Crippen molar-refractivity contribution in [2.75, 3.05) is 18.0 Å². The van der Waals surface area contributed by atoms with Crippen LogP contribution < -0.4 is 9.62 Å². The normalized spacial score (nSPS) is 22.0. The highest BCUT2D eigenvalue weighted by molar-refractivity contribution is 7.89. The monoisotopic (exact) mass is 325 g/mol. The minimum absolute atomic E-state index is 0.114. The fourth-order valence-corrected chi connectivity index (χ4v) is 3.69. The highest BCUT2D eigenvalue weighted by atomic mass is 32.2. The lowest BCUT2D eigenvalue weighted by atomic mass is 10.2. The Morgan fingerprint density at radius 1 is 1.36 bits per heavy atom. The van der Waals surface area contributed by atoms with E-state index >= 15 is 0 Å². The maximum Gasteiger partial charge on any atom is 0.326 e. The van der Waals surface area contributed by atoms with Crippen LogP contribution in [0.1, 0.15) is 25.7 Å². The highest BCUT2D eigenvalue weighted by Gasteiger charge is 2.31. The molecule has 0 aromatic carbocycles. The Hall–Kier alpha value is -1.67. The van der Waals surface area contributed by atoms with Gasteiger partial charge in [-0.3, -0.25) is 0 Å². The van der Waals surface area contributed by atoms with Crippen LogP contribution in [0.4, 0.5) is 5.82 Å². The van der Waals surface area contributed by atoms with Crippen LogP contribution in [0.2, 0.25) is 0 Å². The van der Waals surface area contributed by atoms with Crippen molar-refractivity contribution in [1.29, 1.82) is 0 Å². The number of aliphatic carboxylic acids is 1. The molecule has 7 nitrogen and oxygen atoms in total. The lowest BCUT2D eigenvalue weighted by Crippen LogP contribution is -2.36. The van der Waals surface area contributed by atoms with Crippen LogP contribution in [0.3, 0.4) is 0 Å². The Kier molecular flexibility index (Phi) is 4.05. The number of carboxylic acids is 1. The molecule has 0 spiro atoms. The summed E-state index contributed by atoms with van der Waals surface area (Å²) in [6.45, 7) is 1.09. The molecular weight excluding hydrogens is 306 g/mol. The van der Waals surface area contributed by atoms with Crippen LogP contribution in [0.25, 0.3) is 0 Å². The first-order chi connectivity index (χ1) is 10.5. The number of carbonyl (C=O) groups is 1. The van der Waals surface area contributed by atoms with Gasteiger partial charge < -0.3 is 10.0 Å². The van der Waals surface area contributed by atoms with Gasteiger partial charge in [0.2, 0.25) is 10.0 Å². The molecule has 1 aromatic rings. The van der Waals surface area contributed by atoms with E-state index < -0.39 is 22.0 Å². The molecule has 0 radical (unpaired) electrons. The first-order valence-electron chi connectivity index (χ1n) is 7.42. The molecule has 1 saturated heterocycles. The van der Waals surface area contributed by atoms with E-state index in [9.17, 15) is 18.3 Å². The molecule has 8 heteroatoms. The number of nitrogens with zero attached hydrogens (tertiary/aromatic N) is 2. The topological polar surface area (TPSA) is 99.6 Å². The second kappa shape index (κ2) is 5.85. The summed E-state index contributed by atoms with van der Waals surface area (Å²) in [6.07, 6.45) is 4.82. The Morgan fingerprint density at radius 3 is 2.73 bits per heavy atom. The van der Waals surface area contributed by atoms with Crippen molar-refractivity contribution in [2.24, 2.45) is 5.92 Å². The third-order valence-electron chi connectivity index (χ3n) is 4.12. The van der Waals surface area contributed by atoms with Crippen LogP contribution in [0, 0.1) is 5.92 Å². The molecule has 2 heterocycles. The van der Waals surface area contributed by atoms with Crippen LogP contribution in [-0.2, 0) is 14.8 Å². The van der Waals surface area contributed by atoms with Gasteiger partial charge >= 0.3 is 5.97 Å². The summed E-state index contributed by atoms with van der Waals surface area (Å²) in [7, 11) is -3.53. The minimum Gasteiger partial charge on any atom is -0.480 e. The summed E-state index contributed by atoms with van der Waals surface area (Å²) >= 11 is 0. The molecule has 1 aromatic heterocycles. The van der Waals surface area contributed by atoms with Gasteiger partial charge in [-0.05, 0) is 43.7 Å². The molecule has 2 aliphatic rings. The predicted octanol–water partition coefficient (Wildman–Crippen LogP) is 0.823. The van der Waals surface area contributed by atoms with Crippen molar-refractivity contribution >= 4 is 21.8 Å². The molecule has 1 saturated carbocycles. The Labute approximate surface area is 129 Å². The van der Waals surface area contributed by atoms with Crippen molar-refractivity contribution in [3.05, 3.63) is 18.3 Å². The summed E-state index contributed by atoms with van der Waals surface area (Å²) in [5, 5.41) is 9.18. The summed E-state index contributed by atoms with van der Waals surface area (Å²) in [6, 6.07) is 2.48. The highest BCUT2D eigenvalue weighted by Crippen LogP contribution is 2.28. The van der Waals surface area contributed by atoms with Gasteiger partial charge in [0.05, 0.1) is 0 Å². The first-order valence-corrected chi connectivity index (χ1v) is 8.91. The van der Waals surface area contributed by atoms with E-state index in [1.54, 1.807) is 11.0 Å². The molecule has 0 amide bonds. The fraction of sp³-hybridized carbons (Fsp3) is 0.571. The third kappa shape index (κ3) is 3.22. The van der Waals surface area contributed by atoms with Crippen molar-refractivity contribution in [2.45, 2.75) is 36.6 Å². The maximum absolute atomic E-state index is 12.1. The smallest absolute Gasteiger partial charge is 0.326 e. The number of sulfonamides is 1. The predicted molar refractivity (Wildman–Crippen MR) is 80.2 cm³/mol. The van der Waals surface area contributed by atoms with Gasteiger partial charge in [0.15, 0.2) is 0 Å². The maximum atomic E-state index is 12.1. The van der Waals surface area contributed by atoms with Crippen molar-refractivity contribution < 1.29 is 18.3 Å². The van der Waals surface area contributed by atoms with Gasteiger partial charge in [0.25, 0.3) is 0 Å². The van der Waals surface area contributed by atoms with Crippen LogP contribution in [0.15, 0.2) is 23.2 Å². The van der Waals surface area contributed by atoms with E-state index in [-0.39, 0.29) is 4.90 Å². The van der Waals surface area contributed by atoms with Gasteiger partial charge in [-0.1, -0.05) is 0 Å². The van der Waals surface area contributed by atoms with E-state index in [0.29, 0.717) is 31.2 Å². The van der Waals surface area contributed by atoms with Gasteiger partial charge in [0, 0.05) is 19.3 Å². The van der Waals surface area contributed by atoms with E-state index in [2.05, 4.69) is 9.71 Å². The molecule has 0 unspecified atom stereocenters. The average Bonchev–Trinajstić information content (AvgIpc) is 3.19. The number of nitrogens with one attached hydrogen (secondary N) is 1. The molecule has 1 atom stereocenters. The molecule has 3 rings (SSSR count). The lowest BCUT2D eigenvalue weighted by molar-refractivity contribution is -0.138. The van der Waals surface area contributed by atoms with Crippen LogP contribution in [0.5, 0.6) is 0 Å². The molecule has 1 aliphatic carbocycles. The summed E-state index contributed by atoms with van der Waals surface area (Å²) < 4.78 is 26.8. The molecular formula is C14H19N3O4S. The van der Waals surface area contributed by atoms with E-state index in [1.807, 2.05) is 0 Å². The van der Waals surface area contributed by atoms with Crippen LogP contribution >= 0.6 is 0 Å². The molecule has 120 valence electrons. The number of anilines is 1. The van der Waals surface area contributed by atoms with Crippen molar-refractivity contribution in [1.82, 2.24) is 9.71 Å². The van der Waals surface area contributed by atoms with Crippen molar-refractivity contribution in [3.63, 3.8) is 0 Å². The number of pyridine rings is 1. The number of hydrogen-bond acceptors (Lipinski definition) is 5. The summed E-state index contributed by atoms with van der Waals surface area (Å²) in [4.78, 5) is 17.2. The second-order valence-corrected chi connectivity index (χ2v) is 7.60. The van der Waals surface area contributed by atoms with Gasteiger partial charge in [-0.2, -0.15) is 0 Å². The number of hydrogen-bond donors (Lipinski definition) is 2. The van der Waals surface area contributed by atoms with Crippen LogP contribution in [-0.4, -0.2) is 43.6 Å². The molecule has 22 heavy (non-hydrogen) atoms. The quantitative estimate of drug-likeness (QED) is 0.803. The van der Waals surface area contributed by atoms with Gasteiger partial charge in [0.1, 0.15) is 16.8 Å². The molecule has 0 bridgehead atoms.